The minimum atomic E-state index is -0.430. The average Bonchev–Trinajstić information content (AvgIpc) is 3.05. The molecule has 0 fully saturated rings. The van der Waals surface area contributed by atoms with Crippen molar-refractivity contribution >= 4 is 58.2 Å². The predicted octanol–water partition coefficient (Wildman–Crippen LogP) is 5.04. The molecular formula is C18H16Cl3N5O2S. The van der Waals surface area contributed by atoms with E-state index in [0.717, 1.165) is 0 Å². The maximum Gasteiger partial charge on any atom is 0.234 e. The zero-order chi connectivity index (χ0) is 21.0. The van der Waals surface area contributed by atoms with Gasteiger partial charge in [0.15, 0.2) is 22.2 Å². The Bertz CT molecular complexity index is 1030. The molecule has 1 amide bonds. The van der Waals surface area contributed by atoms with Gasteiger partial charge in [0, 0.05) is 24.3 Å². The highest BCUT2D eigenvalue weighted by Gasteiger charge is 2.19. The van der Waals surface area contributed by atoms with Crippen molar-refractivity contribution in [3.05, 3.63) is 57.6 Å². The van der Waals surface area contributed by atoms with Crippen molar-refractivity contribution in [2.24, 2.45) is 7.05 Å². The monoisotopic (exact) mass is 471 g/mol. The SMILES string of the molecule is CC(Oc1cc(Cl)ccc1Cl)c1nnc(SCC(=O)Nc2cccnc2Cl)n1C. The lowest BCUT2D eigenvalue weighted by Gasteiger charge is -2.15. The highest BCUT2D eigenvalue weighted by molar-refractivity contribution is 7.99. The topological polar surface area (TPSA) is 81.9 Å². The molecule has 1 unspecified atom stereocenters. The van der Waals surface area contributed by atoms with E-state index in [2.05, 4.69) is 20.5 Å². The van der Waals surface area contributed by atoms with Crippen LogP contribution in [0, 0.1) is 0 Å². The molecule has 1 atom stereocenters. The molecule has 1 N–H and O–H groups in total. The molecule has 0 spiro atoms. The molecule has 1 aromatic carbocycles. The molecule has 11 heteroatoms. The number of nitrogens with one attached hydrogen (secondary N) is 1. The number of carbonyl (C=O) groups is 1. The summed E-state index contributed by atoms with van der Waals surface area (Å²) in [4.78, 5) is 16.1. The van der Waals surface area contributed by atoms with E-state index >= 15 is 0 Å². The van der Waals surface area contributed by atoms with E-state index in [1.165, 1.54) is 11.8 Å². The second-order valence-corrected chi connectivity index (χ2v) is 8.06. The highest BCUT2D eigenvalue weighted by atomic mass is 35.5. The van der Waals surface area contributed by atoms with Gasteiger partial charge < -0.3 is 14.6 Å². The van der Waals surface area contributed by atoms with Crippen LogP contribution in [0.3, 0.4) is 0 Å². The smallest absolute Gasteiger partial charge is 0.234 e. The van der Waals surface area contributed by atoms with Crippen molar-refractivity contribution < 1.29 is 9.53 Å². The van der Waals surface area contributed by atoms with Crippen LogP contribution < -0.4 is 10.1 Å². The van der Waals surface area contributed by atoms with Crippen LogP contribution in [0.1, 0.15) is 18.9 Å². The fraction of sp³-hybridized carbons (Fsp3) is 0.222. The Morgan fingerprint density at radius 1 is 1.28 bits per heavy atom. The molecule has 0 radical (unpaired) electrons. The number of aromatic nitrogens is 4. The van der Waals surface area contributed by atoms with Crippen LogP contribution in [0.4, 0.5) is 5.69 Å². The van der Waals surface area contributed by atoms with Gasteiger partial charge in [0.05, 0.1) is 16.5 Å². The molecule has 2 aromatic heterocycles. The van der Waals surface area contributed by atoms with E-state index in [4.69, 9.17) is 39.5 Å². The van der Waals surface area contributed by atoms with Gasteiger partial charge in [-0.25, -0.2) is 4.98 Å². The van der Waals surface area contributed by atoms with Crippen molar-refractivity contribution in [2.75, 3.05) is 11.1 Å². The summed E-state index contributed by atoms with van der Waals surface area (Å²) in [5.41, 5.74) is 0.457. The molecule has 29 heavy (non-hydrogen) atoms. The zero-order valence-corrected chi connectivity index (χ0v) is 18.5. The van der Waals surface area contributed by atoms with Gasteiger partial charge in [-0.3, -0.25) is 4.79 Å². The number of halogens is 3. The van der Waals surface area contributed by atoms with Crippen molar-refractivity contribution in [1.29, 1.82) is 0 Å². The first-order valence-electron chi connectivity index (χ1n) is 8.39. The number of amides is 1. The zero-order valence-electron chi connectivity index (χ0n) is 15.4. The molecule has 152 valence electrons. The molecule has 0 aliphatic carbocycles. The number of hydrogen-bond acceptors (Lipinski definition) is 6. The quantitative estimate of drug-likeness (QED) is 0.383. The van der Waals surface area contributed by atoms with E-state index in [9.17, 15) is 4.79 Å². The number of carbonyl (C=O) groups excluding carboxylic acids is 1. The second-order valence-electron chi connectivity index (χ2n) is 5.91. The first-order chi connectivity index (χ1) is 13.8. The normalized spacial score (nSPS) is 11.9. The Morgan fingerprint density at radius 3 is 2.83 bits per heavy atom. The Kier molecular flexibility index (Phi) is 7.23. The summed E-state index contributed by atoms with van der Waals surface area (Å²) >= 11 is 19.3. The van der Waals surface area contributed by atoms with Gasteiger partial charge in [0.1, 0.15) is 5.75 Å². The Labute approximate surface area is 186 Å². The van der Waals surface area contributed by atoms with Crippen LogP contribution in [-0.4, -0.2) is 31.4 Å². The maximum atomic E-state index is 12.2. The molecule has 0 aliphatic rings. The highest BCUT2D eigenvalue weighted by Crippen LogP contribution is 2.31. The van der Waals surface area contributed by atoms with Gasteiger partial charge in [0.25, 0.3) is 0 Å². The first kappa shape index (κ1) is 21.7. The van der Waals surface area contributed by atoms with Crippen LogP contribution >= 0.6 is 46.6 Å². The number of ether oxygens (including phenoxy) is 1. The van der Waals surface area contributed by atoms with Crippen molar-refractivity contribution in [1.82, 2.24) is 19.7 Å². The molecule has 0 aliphatic heterocycles. The second kappa shape index (κ2) is 9.67. The van der Waals surface area contributed by atoms with Crippen molar-refractivity contribution in [3.63, 3.8) is 0 Å². The molecule has 0 saturated carbocycles. The standard InChI is InChI=1S/C18H16Cl3N5O2S/c1-10(28-14-8-11(19)5-6-12(14)20)17-24-25-18(26(17)2)29-9-15(27)23-13-4-3-7-22-16(13)21/h3-8,10H,9H2,1-2H3,(H,23,27). The van der Waals surface area contributed by atoms with Crippen LogP contribution in [0.5, 0.6) is 5.75 Å². The third kappa shape index (κ3) is 5.54. The Hall–Kier alpha value is -2.00. The van der Waals surface area contributed by atoms with E-state index in [1.807, 2.05) is 6.92 Å². The lowest BCUT2D eigenvalue weighted by Crippen LogP contribution is -2.15. The summed E-state index contributed by atoms with van der Waals surface area (Å²) in [5.74, 6) is 0.937. The van der Waals surface area contributed by atoms with E-state index in [0.29, 0.717) is 32.5 Å². The number of thioether (sulfide) groups is 1. The molecular weight excluding hydrogens is 457 g/mol. The molecule has 3 rings (SSSR count). The number of pyridine rings is 1. The van der Waals surface area contributed by atoms with Gasteiger partial charge in [-0.1, -0.05) is 46.6 Å². The third-order valence-electron chi connectivity index (χ3n) is 3.79. The summed E-state index contributed by atoms with van der Waals surface area (Å²) < 4.78 is 7.64. The minimum Gasteiger partial charge on any atom is -0.481 e. The first-order valence-corrected chi connectivity index (χ1v) is 10.5. The lowest BCUT2D eigenvalue weighted by molar-refractivity contribution is -0.113. The Balaban J connectivity index is 1.62. The predicted molar refractivity (Wildman–Crippen MR) is 115 cm³/mol. The number of nitrogens with zero attached hydrogens (tertiary/aromatic N) is 4. The largest absolute Gasteiger partial charge is 0.481 e. The Morgan fingerprint density at radius 2 is 2.07 bits per heavy atom. The van der Waals surface area contributed by atoms with E-state index < -0.39 is 6.10 Å². The summed E-state index contributed by atoms with van der Waals surface area (Å²) in [7, 11) is 1.80. The average molecular weight is 473 g/mol. The van der Waals surface area contributed by atoms with E-state index in [-0.39, 0.29) is 16.8 Å². The van der Waals surface area contributed by atoms with Gasteiger partial charge in [0.2, 0.25) is 5.91 Å². The van der Waals surface area contributed by atoms with Crippen molar-refractivity contribution in [3.8, 4) is 5.75 Å². The molecule has 0 saturated heterocycles. The molecule has 7 nitrogen and oxygen atoms in total. The van der Waals surface area contributed by atoms with Gasteiger partial charge in [-0.05, 0) is 31.2 Å². The van der Waals surface area contributed by atoms with Crippen molar-refractivity contribution in [2.45, 2.75) is 18.2 Å². The van der Waals surface area contributed by atoms with Crippen LogP contribution in [-0.2, 0) is 11.8 Å². The fourth-order valence-electron chi connectivity index (χ4n) is 2.41. The fourth-order valence-corrected chi connectivity index (χ4v) is 3.62. The van der Waals surface area contributed by atoms with Crippen LogP contribution in [0.15, 0.2) is 41.7 Å². The van der Waals surface area contributed by atoms with E-state index in [1.54, 1.807) is 48.1 Å². The number of rotatable bonds is 7. The number of hydrogen-bond donors (Lipinski definition) is 1. The molecule has 2 heterocycles. The molecule has 3 aromatic rings. The van der Waals surface area contributed by atoms with Crippen LogP contribution in [0.2, 0.25) is 15.2 Å². The number of benzene rings is 1. The summed E-state index contributed by atoms with van der Waals surface area (Å²) in [6.45, 7) is 1.83. The third-order valence-corrected chi connectivity index (χ3v) is 5.66. The molecule has 0 bridgehead atoms. The van der Waals surface area contributed by atoms with Gasteiger partial charge in [-0.15, -0.1) is 10.2 Å². The minimum absolute atomic E-state index is 0.132. The summed E-state index contributed by atoms with van der Waals surface area (Å²) in [6.07, 6.45) is 1.12. The van der Waals surface area contributed by atoms with Crippen LogP contribution in [0.25, 0.3) is 0 Å². The summed E-state index contributed by atoms with van der Waals surface area (Å²) in [5, 5.41) is 12.8. The number of anilines is 1. The lowest BCUT2D eigenvalue weighted by atomic mass is 10.3. The maximum absolute atomic E-state index is 12.2. The summed E-state index contributed by atoms with van der Waals surface area (Å²) in [6, 6.07) is 8.36. The van der Waals surface area contributed by atoms with Gasteiger partial charge >= 0.3 is 0 Å². The van der Waals surface area contributed by atoms with Gasteiger partial charge in [-0.2, -0.15) is 0 Å².